The summed E-state index contributed by atoms with van der Waals surface area (Å²) in [5, 5.41) is 7.35. The third kappa shape index (κ3) is 3.76. The average molecular weight is 614 g/mol. The monoisotopic (exact) mass is 613 g/mol. The Kier molecular flexibility index (Phi) is 5.63. The first-order valence-corrected chi connectivity index (χ1v) is 16.6. The lowest BCUT2D eigenvalue weighted by Crippen LogP contribution is -2.23. The number of benzene rings is 7. The maximum absolute atomic E-state index is 5.41. The molecule has 0 bridgehead atoms. The van der Waals surface area contributed by atoms with E-state index in [2.05, 4.69) is 170 Å². The van der Waals surface area contributed by atoms with Gasteiger partial charge in [-0.1, -0.05) is 153 Å². The van der Waals surface area contributed by atoms with Gasteiger partial charge in [0.2, 0.25) is 5.95 Å². The lowest BCUT2D eigenvalue weighted by atomic mass is 9.68. The lowest BCUT2D eigenvalue weighted by Gasteiger charge is -2.35. The Hall–Kier alpha value is -6.06. The molecule has 0 saturated carbocycles. The highest BCUT2D eigenvalue weighted by molar-refractivity contribution is 6.26. The molecule has 0 N–H and O–H groups in total. The molecule has 2 heterocycles. The van der Waals surface area contributed by atoms with E-state index < -0.39 is 0 Å². The van der Waals surface area contributed by atoms with Gasteiger partial charge in [0.05, 0.1) is 22.4 Å². The number of hydrogen-bond donors (Lipinski definition) is 0. The van der Waals surface area contributed by atoms with Gasteiger partial charge in [-0.05, 0) is 45.0 Å². The molecular formula is C45H31N3. The molecule has 0 amide bonds. The molecule has 0 unspecified atom stereocenters. The van der Waals surface area contributed by atoms with Crippen molar-refractivity contribution in [1.29, 1.82) is 0 Å². The highest BCUT2D eigenvalue weighted by Crippen LogP contribution is 2.53. The van der Waals surface area contributed by atoms with Gasteiger partial charge < -0.3 is 0 Å². The van der Waals surface area contributed by atoms with Crippen molar-refractivity contribution in [2.45, 2.75) is 19.3 Å². The number of rotatable bonds is 3. The fourth-order valence-electron chi connectivity index (χ4n) is 8.13. The minimum atomic E-state index is -0.148. The fourth-order valence-corrected chi connectivity index (χ4v) is 8.13. The summed E-state index contributed by atoms with van der Waals surface area (Å²) in [6.45, 7) is 4.71. The van der Waals surface area contributed by atoms with Crippen LogP contribution in [0.3, 0.4) is 0 Å². The molecule has 1 aliphatic carbocycles. The van der Waals surface area contributed by atoms with Crippen molar-refractivity contribution in [3.63, 3.8) is 0 Å². The topological polar surface area (TPSA) is 30.7 Å². The Bertz CT molecular complexity index is 2680. The van der Waals surface area contributed by atoms with E-state index in [1.807, 2.05) is 0 Å². The fraction of sp³-hybridized carbons (Fsp3) is 0.0667. The molecule has 0 saturated heterocycles. The van der Waals surface area contributed by atoms with Crippen LogP contribution in [0.4, 0.5) is 0 Å². The minimum Gasteiger partial charge on any atom is -0.277 e. The van der Waals surface area contributed by atoms with Crippen LogP contribution in [0.25, 0.3) is 82.9 Å². The highest BCUT2D eigenvalue weighted by atomic mass is 15.2. The molecule has 0 spiro atoms. The first-order valence-electron chi connectivity index (χ1n) is 16.6. The van der Waals surface area contributed by atoms with Crippen molar-refractivity contribution in [2.24, 2.45) is 0 Å². The molecule has 2 aromatic heterocycles. The molecule has 1 aliphatic rings. The Morgan fingerprint density at radius 1 is 0.479 bits per heavy atom. The molecule has 0 atom stereocenters. The maximum Gasteiger partial charge on any atom is 0.235 e. The first kappa shape index (κ1) is 27.1. The Balaban J connectivity index is 1.46. The molecular weight excluding hydrogens is 583 g/mol. The molecule has 10 rings (SSSR count). The highest BCUT2D eigenvalue weighted by Gasteiger charge is 2.35. The van der Waals surface area contributed by atoms with Gasteiger partial charge in [-0.3, -0.25) is 4.57 Å². The number of hydrogen-bond acceptors (Lipinski definition) is 2. The second kappa shape index (κ2) is 9.97. The van der Waals surface area contributed by atoms with Gasteiger partial charge >= 0.3 is 0 Å². The number of nitrogens with zero attached hydrogens (tertiary/aromatic N) is 3. The van der Waals surface area contributed by atoms with Gasteiger partial charge in [0, 0.05) is 38.3 Å². The van der Waals surface area contributed by atoms with Gasteiger partial charge in [-0.15, -0.1) is 0 Å². The van der Waals surface area contributed by atoms with Gasteiger partial charge in [0.25, 0.3) is 0 Å². The van der Waals surface area contributed by atoms with Crippen molar-refractivity contribution < 1.29 is 0 Å². The van der Waals surface area contributed by atoms with Gasteiger partial charge in [-0.25, -0.2) is 9.97 Å². The third-order valence-electron chi connectivity index (χ3n) is 10.4. The van der Waals surface area contributed by atoms with Crippen molar-refractivity contribution in [2.75, 3.05) is 0 Å². The largest absolute Gasteiger partial charge is 0.277 e. The molecule has 7 aromatic carbocycles. The molecule has 48 heavy (non-hydrogen) atoms. The summed E-state index contributed by atoms with van der Waals surface area (Å²) in [7, 11) is 0. The summed E-state index contributed by atoms with van der Waals surface area (Å²) >= 11 is 0. The second-order valence-electron chi connectivity index (χ2n) is 13.4. The summed E-state index contributed by atoms with van der Waals surface area (Å²) in [5.41, 5.74) is 11.2. The maximum atomic E-state index is 5.41. The van der Waals surface area contributed by atoms with Crippen LogP contribution >= 0.6 is 0 Å². The van der Waals surface area contributed by atoms with E-state index >= 15 is 0 Å². The molecule has 226 valence electrons. The molecule has 0 aliphatic heterocycles. The van der Waals surface area contributed by atoms with Gasteiger partial charge in [-0.2, -0.15) is 0 Å². The van der Waals surface area contributed by atoms with Crippen molar-refractivity contribution >= 4 is 43.4 Å². The van der Waals surface area contributed by atoms with Crippen molar-refractivity contribution in [3.05, 3.63) is 163 Å². The number of fused-ring (bicyclic) bond motifs is 8. The smallest absolute Gasteiger partial charge is 0.235 e. The molecule has 3 nitrogen and oxygen atoms in total. The predicted molar refractivity (Wildman–Crippen MR) is 200 cm³/mol. The van der Waals surface area contributed by atoms with Crippen LogP contribution in [0.15, 0.2) is 152 Å². The van der Waals surface area contributed by atoms with Crippen LogP contribution in [0.2, 0.25) is 0 Å². The standard InChI is InChI=1S/C45H31N3/c1-45(2)36-22-12-11-21-34(36)41-40-31(19-13-23-37(40)45)26-35-33-25-24-28-14-9-10-20-32(28)42(33)48(43(35)41)44-46-38(29-15-5-3-6-16-29)27-39(47-44)30-17-7-4-8-18-30/h3-27H,1-2H3. The Morgan fingerprint density at radius 3 is 1.85 bits per heavy atom. The molecule has 9 aromatic rings. The van der Waals surface area contributed by atoms with Gasteiger partial charge in [0.1, 0.15) is 0 Å². The van der Waals surface area contributed by atoms with Crippen LogP contribution in [0, 0.1) is 0 Å². The molecule has 0 radical (unpaired) electrons. The zero-order valence-corrected chi connectivity index (χ0v) is 26.8. The van der Waals surface area contributed by atoms with Crippen LogP contribution in [0.1, 0.15) is 25.0 Å². The van der Waals surface area contributed by atoms with Gasteiger partial charge in [0.15, 0.2) is 0 Å². The minimum absolute atomic E-state index is 0.148. The van der Waals surface area contributed by atoms with E-state index in [9.17, 15) is 0 Å². The van der Waals surface area contributed by atoms with Crippen LogP contribution in [-0.2, 0) is 5.41 Å². The molecule has 0 fully saturated rings. The Morgan fingerprint density at radius 2 is 1.10 bits per heavy atom. The Labute approximate surface area is 278 Å². The summed E-state index contributed by atoms with van der Waals surface area (Å²) < 4.78 is 2.37. The zero-order valence-electron chi connectivity index (χ0n) is 26.8. The summed E-state index contributed by atoms with van der Waals surface area (Å²) in [5.74, 6) is 0.668. The van der Waals surface area contributed by atoms with Crippen molar-refractivity contribution in [3.8, 4) is 39.6 Å². The van der Waals surface area contributed by atoms with Crippen LogP contribution in [-0.4, -0.2) is 14.5 Å². The lowest BCUT2D eigenvalue weighted by molar-refractivity contribution is 0.645. The van der Waals surface area contributed by atoms with E-state index in [0.717, 1.165) is 33.5 Å². The van der Waals surface area contributed by atoms with E-state index in [-0.39, 0.29) is 5.41 Å². The average Bonchev–Trinajstić information content (AvgIpc) is 3.48. The third-order valence-corrected chi connectivity index (χ3v) is 10.4. The quantitative estimate of drug-likeness (QED) is 0.198. The van der Waals surface area contributed by atoms with E-state index in [1.165, 1.54) is 54.6 Å². The molecule has 3 heteroatoms. The zero-order chi connectivity index (χ0) is 32.0. The van der Waals surface area contributed by atoms with Crippen LogP contribution in [0.5, 0.6) is 0 Å². The van der Waals surface area contributed by atoms with Crippen molar-refractivity contribution in [1.82, 2.24) is 14.5 Å². The number of aromatic nitrogens is 3. The summed E-state index contributed by atoms with van der Waals surface area (Å²) in [6.07, 6.45) is 0. The SMILES string of the molecule is CC1(C)c2ccccc2-c2c3c1cccc3cc1c3ccc4ccccc4c3n(-c3nc(-c4ccccc4)cc(-c4ccccc4)n3)c21. The summed E-state index contributed by atoms with van der Waals surface area (Å²) in [6, 6.07) is 54.4. The van der Waals surface area contributed by atoms with Crippen LogP contribution < -0.4 is 0 Å². The van der Waals surface area contributed by atoms with E-state index in [1.54, 1.807) is 0 Å². The first-order chi connectivity index (χ1) is 23.6. The summed E-state index contributed by atoms with van der Waals surface area (Å²) in [4.78, 5) is 10.8. The predicted octanol–water partition coefficient (Wildman–Crippen LogP) is 11.5. The van der Waals surface area contributed by atoms with E-state index in [0.29, 0.717) is 5.95 Å². The van der Waals surface area contributed by atoms with E-state index in [4.69, 9.17) is 9.97 Å². The second-order valence-corrected chi connectivity index (χ2v) is 13.4. The normalized spacial score (nSPS) is 13.4.